The normalized spacial score (nSPS) is 13.3. The minimum absolute atomic E-state index is 0.592. The molecule has 1 spiro atoms. The molecule has 0 amide bonds. The summed E-state index contributed by atoms with van der Waals surface area (Å²) in [6.07, 6.45) is 0. The summed E-state index contributed by atoms with van der Waals surface area (Å²) in [5.74, 6) is 1.74. The van der Waals surface area contributed by atoms with Crippen molar-refractivity contribution in [2.75, 3.05) is 4.90 Å². The van der Waals surface area contributed by atoms with Crippen molar-refractivity contribution in [1.29, 1.82) is 0 Å². The van der Waals surface area contributed by atoms with Crippen molar-refractivity contribution in [3.63, 3.8) is 0 Å². The molecule has 244 valence electrons. The fraction of sp³-hybridized carbons (Fsp3) is 0.0204. The lowest BCUT2D eigenvalue weighted by molar-refractivity contribution is 0.437. The van der Waals surface area contributed by atoms with Gasteiger partial charge < -0.3 is 14.2 Å². The van der Waals surface area contributed by atoms with E-state index >= 15 is 0 Å². The highest BCUT2D eigenvalue weighted by Gasteiger charge is 2.51. The van der Waals surface area contributed by atoms with Crippen molar-refractivity contribution in [3.05, 3.63) is 216 Å². The van der Waals surface area contributed by atoms with Crippen LogP contribution < -0.4 is 9.64 Å². The molecule has 1 aliphatic heterocycles. The zero-order valence-electron chi connectivity index (χ0n) is 28.3. The molecule has 9 aromatic rings. The highest BCUT2D eigenvalue weighted by molar-refractivity contribution is 6.10. The number of nitrogens with zero attached hydrogens (tertiary/aromatic N) is 2. The van der Waals surface area contributed by atoms with Crippen LogP contribution in [0.5, 0.6) is 11.5 Å². The molecule has 0 fully saturated rings. The molecule has 0 unspecified atom stereocenters. The Kier molecular flexibility index (Phi) is 6.17. The summed E-state index contributed by atoms with van der Waals surface area (Å²) in [6, 6.07) is 69.9. The van der Waals surface area contributed by atoms with Crippen LogP contribution in [0.1, 0.15) is 22.3 Å². The molecular formula is C49H32N2O. The minimum atomic E-state index is -0.592. The average Bonchev–Trinajstić information content (AvgIpc) is 3.69. The van der Waals surface area contributed by atoms with Crippen LogP contribution in [0.2, 0.25) is 0 Å². The van der Waals surface area contributed by atoms with Gasteiger partial charge in [-0.3, -0.25) is 0 Å². The maximum Gasteiger partial charge on any atom is 0.134 e. The molecule has 3 nitrogen and oxygen atoms in total. The van der Waals surface area contributed by atoms with Gasteiger partial charge in [-0.1, -0.05) is 127 Å². The first kappa shape index (κ1) is 28.9. The number of hydrogen-bond acceptors (Lipinski definition) is 2. The molecule has 2 heterocycles. The van der Waals surface area contributed by atoms with Crippen molar-refractivity contribution in [1.82, 2.24) is 4.57 Å². The number of rotatable bonds is 4. The second-order valence-electron chi connectivity index (χ2n) is 13.7. The smallest absolute Gasteiger partial charge is 0.134 e. The first-order valence-electron chi connectivity index (χ1n) is 17.9. The highest BCUT2D eigenvalue weighted by atomic mass is 16.5. The molecule has 0 saturated heterocycles. The van der Waals surface area contributed by atoms with Crippen LogP contribution in [-0.4, -0.2) is 4.57 Å². The molecule has 8 aromatic carbocycles. The molecule has 2 aliphatic rings. The molecular weight excluding hydrogens is 633 g/mol. The molecule has 3 heteroatoms. The van der Waals surface area contributed by atoms with Crippen LogP contribution in [0.15, 0.2) is 194 Å². The number of ether oxygens (including phenoxy) is 1. The maximum atomic E-state index is 7.19. The van der Waals surface area contributed by atoms with Crippen molar-refractivity contribution < 1.29 is 4.74 Å². The Morgan fingerprint density at radius 2 is 0.942 bits per heavy atom. The van der Waals surface area contributed by atoms with Gasteiger partial charge >= 0.3 is 0 Å². The van der Waals surface area contributed by atoms with Crippen LogP contribution in [0.25, 0.3) is 38.6 Å². The monoisotopic (exact) mass is 664 g/mol. The van der Waals surface area contributed by atoms with E-state index in [2.05, 4.69) is 204 Å². The van der Waals surface area contributed by atoms with Gasteiger partial charge in [0.1, 0.15) is 11.5 Å². The van der Waals surface area contributed by atoms with Gasteiger partial charge in [-0.2, -0.15) is 0 Å². The molecule has 0 N–H and O–H groups in total. The van der Waals surface area contributed by atoms with Crippen molar-refractivity contribution in [2.45, 2.75) is 5.41 Å². The number of fused-ring (bicyclic) bond motifs is 12. The summed E-state index contributed by atoms with van der Waals surface area (Å²) in [4.78, 5) is 2.30. The predicted octanol–water partition coefficient (Wildman–Crippen LogP) is 12.7. The summed E-state index contributed by atoms with van der Waals surface area (Å²) < 4.78 is 9.60. The van der Waals surface area contributed by atoms with Gasteiger partial charge in [0, 0.05) is 50.7 Å². The van der Waals surface area contributed by atoms with Gasteiger partial charge in [-0.05, 0) is 82.9 Å². The largest absolute Gasteiger partial charge is 0.457 e. The Morgan fingerprint density at radius 3 is 1.62 bits per heavy atom. The minimum Gasteiger partial charge on any atom is -0.457 e. The van der Waals surface area contributed by atoms with E-state index < -0.39 is 5.41 Å². The molecule has 1 aliphatic carbocycles. The van der Waals surface area contributed by atoms with Gasteiger partial charge in [0.25, 0.3) is 0 Å². The van der Waals surface area contributed by atoms with Gasteiger partial charge in [0.2, 0.25) is 0 Å². The molecule has 11 rings (SSSR count). The first-order valence-corrected chi connectivity index (χ1v) is 17.9. The van der Waals surface area contributed by atoms with Crippen molar-refractivity contribution in [2.24, 2.45) is 0 Å². The van der Waals surface area contributed by atoms with E-state index in [0.717, 1.165) is 50.9 Å². The Bertz CT molecular complexity index is 2740. The van der Waals surface area contributed by atoms with E-state index in [-0.39, 0.29) is 0 Å². The Balaban J connectivity index is 1.24. The molecule has 0 bridgehead atoms. The zero-order chi connectivity index (χ0) is 34.2. The number of hydrogen-bond donors (Lipinski definition) is 0. The first-order chi connectivity index (χ1) is 25.8. The Labute approximate surface area is 302 Å². The topological polar surface area (TPSA) is 17.4 Å². The van der Waals surface area contributed by atoms with Crippen LogP contribution in [0.3, 0.4) is 0 Å². The SMILES string of the molecule is c1ccc(N(c2ccccc2)c2ccc3c(c2)Oc2cc4c5ccccc5n(-c5ccccc5)c4cc2C32c3ccccc3-c3ccccc32)cc1. The summed E-state index contributed by atoms with van der Waals surface area (Å²) >= 11 is 0. The standard InChI is InChI=1S/C49H32N2O/c1-4-16-33(17-5-1)50(34-18-6-2-7-19-34)36-28-29-43-47(30-36)52-48-31-40-39-24-12-15-27-45(39)51(35-20-8-3-9-21-35)46(40)32-44(48)49(43)41-25-13-10-22-37(41)38-23-11-14-26-42(38)49/h1-32H. The van der Waals surface area contributed by atoms with Gasteiger partial charge in [-0.15, -0.1) is 0 Å². The third-order valence-electron chi connectivity index (χ3n) is 11.0. The Morgan fingerprint density at radius 1 is 0.385 bits per heavy atom. The van der Waals surface area contributed by atoms with Crippen LogP contribution in [0.4, 0.5) is 17.1 Å². The second kappa shape index (κ2) is 11.1. The number of benzene rings is 8. The van der Waals surface area contributed by atoms with E-state index in [9.17, 15) is 0 Å². The molecule has 1 aromatic heterocycles. The van der Waals surface area contributed by atoms with Gasteiger partial charge in [0.05, 0.1) is 16.4 Å². The summed E-state index contributed by atoms with van der Waals surface area (Å²) in [5.41, 5.74) is 13.5. The third-order valence-corrected chi connectivity index (χ3v) is 11.0. The Hall–Kier alpha value is -6.84. The third kappa shape index (κ3) is 3.96. The molecule has 0 atom stereocenters. The molecule has 0 saturated carbocycles. The number of anilines is 3. The van der Waals surface area contributed by atoms with E-state index in [0.29, 0.717) is 0 Å². The zero-order valence-corrected chi connectivity index (χ0v) is 28.3. The highest BCUT2D eigenvalue weighted by Crippen LogP contribution is 2.63. The number of para-hydroxylation sites is 4. The fourth-order valence-electron chi connectivity index (χ4n) is 8.95. The predicted molar refractivity (Wildman–Crippen MR) is 213 cm³/mol. The molecule has 0 radical (unpaired) electrons. The summed E-state index contributed by atoms with van der Waals surface area (Å²) in [6.45, 7) is 0. The average molecular weight is 665 g/mol. The number of aromatic nitrogens is 1. The lowest BCUT2D eigenvalue weighted by Gasteiger charge is -2.40. The van der Waals surface area contributed by atoms with E-state index in [1.165, 1.54) is 38.5 Å². The van der Waals surface area contributed by atoms with Gasteiger partial charge in [-0.25, -0.2) is 0 Å². The van der Waals surface area contributed by atoms with Gasteiger partial charge in [0.15, 0.2) is 0 Å². The summed E-state index contributed by atoms with van der Waals surface area (Å²) in [5, 5.41) is 2.37. The second-order valence-corrected chi connectivity index (χ2v) is 13.7. The lowest BCUT2D eigenvalue weighted by Crippen LogP contribution is -2.32. The van der Waals surface area contributed by atoms with Crippen LogP contribution >= 0.6 is 0 Å². The maximum absolute atomic E-state index is 7.19. The van der Waals surface area contributed by atoms with Crippen molar-refractivity contribution in [3.8, 4) is 28.3 Å². The fourth-order valence-corrected chi connectivity index (χ4v) is 8.95. The van der Waals surface area contributed by atoms with Crippen molar-refractivity contribution >= 4 is 38.9 Å². The van der Waals surface area contributed by atoms with E-state index in [1.54, 1.807) is 0 Å². The molecule has 52 heavy (non-hydrogen) atoms. The van der Waals surface area contributed by atoms with Crippen LogP contribution in [-0.2, 0) is 5.41 Å². The lowest BCUT2D eigenvalue weighted by atomic mass is 9.66. The van der Waals surface area contributed by atoms with Crippen LogP contribution in [0, 0.1) is 0 Å². The quantitative estimate of drug-likeness (QED) is 0.186. The summed E-state index contributed by atoms with van der Waals surface area (Å²) in [7, 11) is 0. The van der Waals surface area contributed by atoms with E-state index in [4.69, 9.17) is 4.74 Å². The van der Waals surface area contributed by atoms with E-state index in [1.807, 2.05) is 0 Å².